The van der Waals surface area contributed by atoms with E-state index in [1.165, 1.54) is 12.8 Å². The van der Waals surface area contributed by atoms with Crippen LogP contribution in [0.4, 0.5) is 4.79 Å². The number of urea groups is 1. The molecule has 2 amide bonds. The van der Waals surface area contributed by atoms with Crippen LogP contribution in [0.25, 0.3) is 0 Å². The van der Waals surface area contributed by atoms with Crippen LogP contribution in [-0.4, -0.2) is 29.2 Å². The summed E-state index contributed by atoms with van der Waals surface area (Å²) < 4.78 is 0. The topological polar surface area (TPSA) is 78.4 Å². The van der Waals surface area contributed by atoms with E-state index in [9.17, 15) is 14.7 Å². The van der Waals surface area contributed by atoms with Gasteiger partial charge >= 0.3 is 12.0 Å². The van der Waals surface area contributed by atoms with Gasteiger partial charge in [-0.25, -0.2) is 9.59 Å². The smallest absolute Gasteiger partial charge is 0.329 e. The van der Waals surface area contributed by atoms with Gasteiger partial charge in [0.15, 0.2) is 0 Å². The van der Waals surface area contributed by atoms with Crippen molar-refractivity contribution in [3.8, 4) is 0 Å². The zero-order valence-electron chi connectivity index (χ0n) is 11.6. The first-order chi connectivity index (χ1) is 9.02. The van der Waals surface area contributed by atoms with Crippen molar-refractivity contribution in [1.29, 1.82) is 0 Å². The molecule has 0 spiro atoms. The first kappa shape index (κ1) is 14.2. The van der Waals surface area contributed by atoms with Crippen LogP contribution in [0.15, 0.2) is 0 Å². The molecule has 0 aromatic carbocycles. The Morgan fingerprint density at radius 3 is 2.37 bits per heavy atom. The molecule has 0 saturated heterocycles. The van der Waals surface area contributed by atoms with E-state index in [0.29, 0.717) is 25.3 Å². The monoisotopic (exact) mass is 268 g/mol. The molecule has 0 bridgehead atoms. The van der Waals surface area contributed by atoms with Crippen molar-refractivity contribution in [1.82, 2.24) is 10.6 Å². The van der Waals surface area contributed by atoms with Crippen molar-refractivity contribution < 1.29 is 14.7 Å². The summed E-state index contributed by atoms with van der Waals surface area (Å²) in [7, 11) is 0. The lowest BCUT2D eigenvalue weighted by atomic mass is 9.77. The lowest BCUT2D eigenvalue weighted by Gasteiger charge is -2.36. The Morgan fingerprint density at radius 1 is 1.21 bits per heavy atom. The van der Waals surface area contributed by atoms with Gasteiger partial charge in [-0.3, -0.25) is 0 Å². The SMILES string of the molecule is CC1CCC(NC(=O)NCCC2CC2)(C(=O)O)CC1. The molecular weight excluding hydrogens is 244 g/mol. The zero-order valence-corrected chi connectivity index (χ0v) is 11.6. The largest absolute Gasteiger partial charge is 0.480 e. The molecule has 0 unspecified atom stereocenters. The molecule has 0 atom stereocenters. The van der Waals surface area contributed by atoms with Crippen LogP contribution in [0.2, 0.25) is 0 Å². The summed E-state index contributed by atoms with van der Waals surface area (Å²) in [6, 6.07) is -0.336. The number of nitrogens with one attached hydrogen (secondary N) is 2. The summed E-state index contributed by atoms with van der Waals surface area (Å²) in [5, 5.41) is 14.9. The van der Waals surface area contributed by atoms with Gasteiger partial charge in [-0.2, -0.15) is 0 Å². The van der Waals surface area contributed by atoms with Crippen molar-refractivity contribution in [2.45, 2.75) is 57.4 Å². The Labute approximate surface area is 114 Å². The van der Waals surface area contributed by atoms with Gasteiger partial charge in [0.05, 0.1) is 0 Å². The van der Waals surface area contributed by atoms with Crippen LogP contribution < -0.4 is 10.6 Å². The molecule has 5 heteroatoms. The zero-order chi connectivity index (χ0) is 13.9. The van der Waals surface area contributed by atoms with Gasteiger partial charge in [0.1, 0.15) is 5.54 Å². The maximum atomic E-state index is 11.8. The predicted octanol–water partition coefficient (Wildman–Crippen LogP) is 2.12. The maximum absolute atomic E-state index is 11.8. The molecule has 3 N–H and O–H groups in total. The predicted molar refractivity (Wildman–Crippen MR) is 71.9 cm³/mol. The summed E-state index contributed by atoms with van der Waals surface area (Å²) in [6.45, 7) is 2.77. The van der Waals surface area contributed by atoms with E-state index in [-0.39, 0.29) is 6.03 Å². The van der Waals surface area contributed by atoms with Crippen molar-refractivity contribution in [2.75, 3.05) is 6.54 Å². The van der Waals surface area contributed by atoms with Gasteiger partial charge in [0, 0.05) is 6.54 Å². The lowest BCUT2D eigenvalue weighted by Crippen LogP contribution is -2.58. The van der Waals surface area contributed by atoms with Crippen molar-refractivity contribution in [3.63, 3.8) is 0 Å². The van der Waals surface area contributed by atoms with Gasteiger partial charge in [0.2, 0.25) is 0 Å². The van der Waals surface area contributed by atoms with E-state index >= 15 is 0 Å². The van der Waals surface area contributed by atoms with Crippen LogP contribution in [0.3, 0.4) is 0 Å². The van der Waals surface area contributed by atoms with E-state index in [1.807, 2.05) is 0 Å². The second-order valence-electron chi connectivity index (χ2n) is 6.18. The van der Waals surface area contributed by atoms with Crippen LogP contribution in [-0.2, 0) is 4.79 Å². The molecule has 108 valence electrons. The quantitative estimate of drug-likeness (QED) is 0.714. The number of aliphatic carboxylic acids is 1. The fraction of sp³-hybridized carbons (Fsp3) is 0.857. The highest BCUT2D eigenvalue weighted by molar-refractivity contribution is 5.86. The number of carboxylic acids is 1. The minimum absolute atomic E-state index is 0.336. The fourth-order valence-corrected chi connectivity index (χ4v) is 2.71. The molecule has 2 fully saturated rings. The summed E-state index contributed by atoms with van der Waals surface area (Å²) in [5.41, 5.74) is -1.06. The number of rotatable bonds is 5. The molecule has 5 nitrogen and oxygen atoms in total. The van der Waals surface area contributed by atoms with E-state index in [1.54, 1.807) is 0 Å². The highest BCUT2D eigenvalue weighted by Crippen LogP contribution is 2.33. The first-order valence-electron chi connectivity index (χ1n) is 7.31. The molecule has 0 radical (unpaired) electrons. The summed E-state index contributed by atoms with van der Waals surface area (Å²) in [6.07, 6.45) is 6.30. The Morgan fingerprint density at radius 2 is 1.84 bits per heavy atom. The van der Waals surface area contributed by atoms with E-state index < -0.39 is 11.5 Å². The average molecular weight is 268 g/mol. The third kappa shape index (κ3) is 3.85. The van der Waals surface area contributed by atoms with Crippen molar-refractivity contribution in [3.05, 3.63) is 0 Å². The molecule has 2 saturated carbocycles. The number of amides is 2. The molecule has 0 aliphatic heterocycles. The van der Waals surface area contributed by atoms with Crippen molar-refractivity contribution in [2.24, 2.45) is 11.8 Å². The van der Waals surface area contributed by atoms with Crippen LogP contribution >= 0.6 is 0 Å². The maximum Gasteiger partial charge on any atom is 0.329 e. The van der Waals surface area contributed by atoms with Crippen molar-refractivity contribution >= 4 is 12.0 Å². The summed E-state index contributed by atoms with van der Waals surface area (Å²) >= 11 is 0. The lowest BCUT2D eigenvalue weighted by molar-refractivity contribution is -0.146. The van der Waals surface area contributed by atoms with Gasteiger partial charge < -0.3 is 15.7 Å². The first-order valence-corrected chi connectivity index (χ1v) is 7.31. The van der Waals surface area contributed by atoms with Crippen LogP contribution in [0.1, 0.15) is 51.9 Å². The van der Waals surface area contributed by atoms with E-state index in [4.69, 9.17) is 0 Å². The molecule has 19 heavy (non-hydrogen) atoms. The van der Waals surface area contributed by atoms with Crippen LogP contribution in [0, 0.1) is 11.8 Å². The molecule has 2 aliphatic carbocycles. The van der Waals surface area contributed by atoms with Gasteiger partial charge in [0.25, 0.3) is 0 Å². The third-order valence-electron chi connectivity index (χ3n) is 4.43. The summed E-state index contributed by atoms with van der Waals surface area (Å²) in [5.74, 6) is 0.410. The summed E-state index contributed by atoms with van der Waals surface area (Å²) in [4.78, 5) is 23.3. The Bertz CT molecular complexity index is 345. The number of carbonyl (C=O) groups excluding carboxylic acids is 1. The normalized spacial score (nSPS) is 30.7. The second-order valence-corrected chi connectivity index (χ2v) is 6.18. The molecule has 2 aliphatic rings. The molecular formula is C14H24N2O3. The average Bonchev–Trinajstić information content (AvgIpc) is 3.16. The standard InChI is InChI=1S/C14H24N2O3/c1-10-4-7-14(8-5-10,12(17)18)16-13(19)15-9-6-11-2-3-11/h10-11H,2-9H2,1H3,(H,17,18)(H2,15,16,19). The van der Waals surface area contributed by atoms with Crippen LogP contribution in [0.5, 0.6) is 0 Å². The van der Waals surface area contributed by atoms with E-state index in [0.717, 1.165) is 25.2 Å². The van der Waals surface area contributed by atoms with E-state index in [2.05, 4.69) is 17.6 Å². The molecule has 2 rings (SSSR count). The highest BCUT2D eigenvalue weighted by atomic mass is 16.4. The Hall–Kier alpha value is -1.26. The molecule has 0 aromatic heterocycles. The Kier molecular flexibility index (Phi) is 4.32. The highest BCUT2D eigenvalue weighted by Gasteiger charge is 2.42. The molecule has 0 heterocycles. The third-order valence-corrected chi connectivity index (χ3v) is 4.43. The minimum Gasteiger partial charge on any atom is -0.480 e. The minimum atomic E-state index is -1.06. The number of hydrogen-bond donors (Lipinski definition) is 3. The van der Waals surface area contributed by atoms with Gasteiger partial charge in [-0.05, 0) is 43.9 Å². The number of carboxylic acid groups (broad SMARTS) is 1. The van der Waals surface area contributed by atoms with Gasteiger partial charge in [-0.15, -0.1) is 0 Å². The number of carbonyl (C=O) groups is 2. The second kappa shape index (κ2) is 5.80. The Balaban J connectivity index is 1.81. The number of hydrogen-bond acceptors (Lipinski definition) is 2. The van der Waals surface area contributed by atoms with Gasteiger partial charge in [-0.1, -0.05) is 19.8 Å². The molecule has 0 aromatic rings. The fourth-order valence-electron chi connectivity index (χ4n) is 2.71.